The van der Waals surface area contributed by atoms with Crippen molar-refractivity contribution < 1.29 is 24.1 Å². The van der Waals surface area contributed by atoms with E-state index in [1.165, 1.54) is 29.5 Å². The summed E-state index contributed by atoms with van der Waals surface area (Å²) >= 11 is 1.41. The van der Waals surface area contributed by atoms with Crippen LogP contribution >= 0.6 is 11.3 Å². The number of hydrogen-bond acceptors (Lipinski definition) is 10. The third kappa shape index (κ3) is 4.46. The molecular weight excluding hydrogens is 532 g/mol. The van der Waals surface area contributed by atoms with Crippen molar-refractivity contribution in [3.05, 3.63) is 59.5 Å². The molecule has 11 nitrogen and oxygen atoms in total. The van der Waals surface area contributed by atoms with E-state index in [-0.39, 0.29) is 13.2 Å². The Morgan fingerprint density at radius 1 is 1.23 bits per heavy atom. The van der Waals surface area contributed by atoms with Crippen LogP contribution in [0.25, 0.3) is 31.8 Å². The molecule has 0 fully saturated rings. The highest BCUT2D eigenvalue weighted by Crippen LogP contribution is 2.46. The third-order valence-corrected chi connectivity index (χ3v) is 7.58. The molecule has 0 unspecified atom stereocenters. The van der Waals surface area contributed by atoms with E-state index < -0.39 is 12.2 Å². The second kappa shape index (κ2) is 9.94. The van der Waals surface area contributed by atoms with Gasteiger partial charge in [-0.25, -0.2) is 19.7 Å². The molecule has 1 atom stereocenters. The number of methoxy groups -OCH3 is 1. The molecule has 0 radical (unpaired) electrons. The number of thiazole rings is 1. The van der Waals surface area contributed by atoms with Crippen LogP contribution in [0, 0.1) is 25.2 Å². The van der Waals surface area contributed by atoms with Crippen LogP contribution in [0.5, 0.6) is 17.4 Å². The molecule has 1 aliphatic rings. The summed E-state index contributed by atoms with van der Waals surface area (Å²) in [7, 11) is 1.51. The first-order chi connectivity index (χ1) is 19.3. The van der Waals surface area contributed by atoms with Gasteiger partial charge >= 0.3 is 6.09 Å². The van der Waals surface area contributed by atoms with Gasteiger partial charge in [-0.05, 0) is 49.7 Å². The molecule has 1 N–H and O–H groups in total. The van der Waals surface area contributed by atoms with Gasteiger partial charge in [0.05, 0.1) is 53.7 Å². The van der Waals surface area contributed by atoms with Crippen molar-refractivity contribution in [1.29, 1.82) is 5.26 Å². The molecule has 0 bridgehead atoms. The van der Waals surface area contributed by atoms with E-state index in [2.05, 4.69) is 21.0 Å². The molecule has 2 aromatic carbocycles. The summed E-state index contributed by atoms with van der Waals surface area (Å²) in [4.78, 5) is 31.3. The second-order valence-corrected chi connectivity index (χ2v) is 10.2. The summed E-state index contributed by atoms with van der Waals surface area (Å²) in [6, 6.07) is 10.8. The van der Waals surface area contributed by atoms with Crippen LogP contribution in [-0.2, 0) is 0 Å². The van der Waals surface area contributed by atoms with Crippen molar-refractivity contribution in [2.24, 2.45) is 0 Å². The Morgan fingerprint density at radius 3 is 2.83 bits per heavy atom. The van der Waals surface area contributed by atoms with E-state index in [0.717, 1.165) is 15.8 Å². The van der Waals surface area contributed by atoms with E-state index in [1.54, 1.807) is 37.4 Å². The number of carbonyl (C=O) groups is 1. The predicted molar refractivity (Wildman–Crippen MR) is 148 cm³/mol. The summed E-state index contributed by atoms with van der Waals surface area (Å²) in [6.07, 6.45) is 1.49. The normalized spacial score (nSPS) is 14.2. The number of pyridine rings is 1. The highest BCUT2D eigenvalue weighted by molar-refractivity contribution is 7.22. The molecule has 0 spiro atoms. The first-order valence-electron chi connectivity index (χ1n) is 12.3. The molecule has 0 aliphatic carbocycles. The van der Waals surface area contributed by atoms with Crippen molar-refractivity contribution in [1.82, 2.24) is 19.9 Å². The number of aryl methyl sites for hydroxylation is 2. The minimum Gasteiger partial charge on any atom is -0.484 e. The lowest BCUT2D eigenvalue weighted by atomic mass is 10.1. The van der Waals surface area contributed by atoms with E-state index in [4.69, 9.17) is 19.2 Å². The van der Waals surface area contributed by atoms with Gasteiger partial charge in [0.2, 0.25) is 5.88 Å². The van der Waals surface area contributed by atoms with E-state index >= 15 is 0 Å². The number of rotatable bonds is 5. The number of benzene rings is 2. The van der Waals surface area contributed by atoms with Crippen LogP contribution in [-0.4, -0.2) is 57.5 Å². The van der Waals surface area contributed by atoms with Crippen molar-refractivity contribution >= 4 is 44.4 Å². The standard InChI is InChI=1S/C28H22N6O5S/c1-14-6-21-25(38-13-18(39-21)12-34(28(35)36)17-4-5-30-15(2)7-17)26-23(14)33-27(40-26)19-8-16(10-29)9-20-24(19)31-11-22(32-20)37-3/h4-9,11,18H,12-13H2,1-3H3,(H,35,36)/t18-/m1/s1. The summed E-state index contributed by atoms with van der Waals surface area (Å²) < 4.78 is 18.4. The number of nitriles is 1. The number of carboxylic acid groups (broad SMARTS) is 1. The van der Waals surface area contributed by atoms with Crippen LogP contribution < -0.4 is 19.1 Å². The molecule has 200 valence electrons. The van der Waals surface area contributed by atoms with Gasteiger partial charge in [-0.1, -0.05) is 0 Å². The van der Waals surface area contributed by atoms with Crippen molar-refractivity contribution in [2.45, 2.75) is 20.0 Å². The zero-order chi connectivity index (χ0) is 28.0. The summed E-state index contributed by atoms with van der Waals surface area (Å²) in [5, 5.41) is 20.1. The van der Waals surface area contributed by atoms with Gasteiger partial charge in [-0.15, -0.1) is 11.3 Å². The monoisotopic (exact) mass is 554 g/mol. The number of aromatic nitrogens is 4. The fourth-order valence-electron chi connectivity index (χ4n) is 4.63. The Balaban J connectivity index is 1.37. The van der Waals surface area contributed by atoms with Crippen LogP contribution in [0.15, 0.2) is 42.7 Å². The van der Waals surface area contributed by atoms with Crippen molar-refractivity contribution in [3.8, 4) is 34.0 Å². The van der Waals surface area contributed by atoms with Gasteiger partial charge in [-0.2, -0.15) is 5.26 Å². The predicted octanol–water partition coefficient (Wildman–Crippen LogP) is 5.12. The quantitative estimate of drug-likeness (QED) is 0.311. The lowest BCUT2D eigenvalue weighted by Gasteiger charge is -2.30. The minimum absolute atomic E-state index is 0.0817. The molecule has 3 aromatic heterocycles. The fraction of sp³-hybridized carbons (Fsp3) is 0.214. The maximum absolute atomic E-state index is 12.0. The Morgan fingerprint density at radius 2 is 2.08 bits per heavy atom. The molecule has 40 heavy (non-hydrogen) atoms. The zero-order valence-electron chi connectivity index (χ0n) is 21.7. The van der Waals surface area contributed by atoms with Gasteiger partial charge in [-0.3, -0.25) is 9.88 Å². The van der Waals surface area contributed by atoms with Crippen LogP contribution in [0.3, 0.4) is 0 Å². The second-order valence-electron chi connectivity index (χ2n) is 9.23. The van der Waals surface area contributed by atoms with Crippen molar-refractivity contribution in [2.75, 3.05) is 25.2 Å². The number of hydrogen-bond donors (Lipinski definition) is 1. The lowest BCUT2D eigenvalue weighted by Crippen LogP contribution is -2.43. The van der Waals surface area contributed by atoms with Gasteiger partial charge in [0.25, 0.3) is 0 Å². The maximum Gasteiger partial charge on any atom is 0.411 e. The van der Waals surface area contributed by atoms with Crippen LogP contribution in [0.4, 0.5) is 10.5 Å². The molecule has 1 amide bonds. The van der Waals surface area contributed by atoms with Crippen LogP contribution in [0.1, 0.15) is 16.8 Å². The van der Waals surface area contributed by atoms with Crippen molar-refractivity contribution in [3.63, 3.8) is 0 Å². The first kappa shape index (κ1) is 25.3. The molecule has 12 heteroatoms. The minimum atomic E-state index is -1.09. The van der Waals surface area contributed by atoms with Gasteiger partial charge in [0, 0.05) is 17.5 Å². The molecule has 6 rings (SSSR count). The lowest BCUT2D eigenvalue weighted by molar-refractivity contribution is 0.0961. The van der Waals surface area contributed by atoms with Crippen LogP contribution in [0.2, 0.25) is 0 Å². The number of nitrogens with zero attached hydrogens (tertiary/aromatic N) is 6. The van der Waals surface area contributed by atoms with Gasteiger partial charge < -0.3 is 19.3 Å². The smallest absolute Gasteiger partial charge is 0.411 e. The Bertz CT molecular complexity index is 1850. The zero-order valence-corrected chi connectivity index (χ0v) is 22.5. The van der Waals surface area contributed by atoms with Gasteiger partial charge in [0.1, 0.15) is 16.3 Å². The van der Waals surface area contributed by atoms with Gasteiger partial charge in [0.15, 0.2) is 17.6 Å². The number of amides is 1. The number of fused-ring (bicyclic) bond motifs is 4. The topological polar surface area (TPSA) is 144 Å². The number of anilines is 1. The average Bonchev–Trinajstić information content (AvgIpc) is 3.41. The van der Waals surface area contributed by atoms with E-state index in [9.17, 15) is 15.2 Å². The molecule has 5 aromatic rings. The molecule has 1 aliphatic heterocycles. The summed E-state index contributed by atoms with van der Waals surface area (Å²) in [6.45, 7) is 3.97. The average molecular weight is 555 g/mol. The largest absolute Gasteiger partial charge is 0.484 e. The third-order valence-electron chi connectivity index (χ3n) is 6.49. The first-order valence-corrected chi connectivity index (χ1v) is 13.1. The Hall–Kier alpha value is -5.02. The fourth-order valence-corrected chi connectivity index (χ4v) is 5.78. The molecular formula is C28H22N6O5S. The van der Waals surface area contributed by atoms with E-state index in [1.807, 2.05) is 13.0 Å². The highest BCUT2D eigenvalue weighted by atomic mass is 32.1. The highest BCUT2D eigenvalue weighted by Gasteiger charge is 2.30. The molecule has 4 heterocycles. The summed E-state index contributed by atoms with van der Waals surface area (Å²) in [5.74, 6) is 1.42. The Labute approximate surface area is 232 Å². The van der Waals surface area contributed by atoms with E-state index in [0.29, 0.717) is 55.9 Å². The maximum atomic E-state index is 12.0. The Kier molecular flexibility index (Phi) is 6.28. The SMILES string of the molecule is COc1cnc2c(-c3nc4c(C)cc5c(c4s3)OC[C@@H](CN(C(=O)O)c3ccnc(C)c3)O5)cc(C#N)cc2n1. The molecule has 0 saturated carbocycles. The summed E-state index contributed by atoms with van der Waals surface area (Å²) in [5.41, 5.74) is 5.08. The molecule has 0 saturated heterocycles. The number of ether oxygens (including phenoxy) is 3.